The number of fused-ring (bicyclic) bond motifs is 1. The van der Waals surface area contributed by atoms with Crippen molar-refractivity contribution in [3.63, 3.8) is 0 Å². The Hall–Kier alpha value is -2.97. The fourth-order valence-electron chi connectivity index (χ4n) is 3.11. The number of benzene rings is 2. The van der Waals surface area contributed by atoms with Gasteiger partial charge in [0.1, 0.15) is 5.75 Å². The van der Waals surface area contributed by atoms with Crippen LogP contribution in [0, 0.1) is 4.77 Å². The number of para-hydroxylation sites is 1. The van der Waals surface area contributed by atoms with Gasteiger partial charge in [-0.15, -0.1) is 0 Å². The Kier molecular flexibility index (Phi) is 5.91. The van der Waals surface area contributed by atoms with Crippen LogP contribution in [0.3, 0.4) is 0 Å². The maximum absolute atomic E-state index is 12.7. The summed E-state index contributed by atoms with van der Waals surface area (Å²) in [5.74, 6) is 0.538. The molecule has 0 bridgehead atoms. The van der Waals surface area contributed by atoms with Gasteiger partial charge in [-0.25, -0.2) is 0 Å². The summed E-state index contributed by atoms with van der Waals surface area (Å²) in [5, 5.41) is 3.41. The first-order chi connectivity index (χ1) is 13.4. The molecule has 0 fully saturated rings. The van der Waals surface area contributed by atoms with Crippen LogP contribution in [-0.4, -0.2) is 48.5 Å². The van der Waals surface area contributed by atoms with Gasteiger partial charge >= 0.3 is 0 Å². The minimum Gasteiger partial charge on any atom is -0.496 e. The van der Waals surface area contributed by atoms with Crippen molar-refractivity contribution in [2.45, 2.75) is 6.04 Å². The highest BCUT2D eigenvalue weighted by molar-refractivity contribution is 7.71. The highest BCUT2D eigenvalue weighted by Gasteiger charge is 2.19. The predicted octanol–water partition coefficient (Wildman–Crippen LogP) is 2.63. The van der Waals surface area contributed by atoms with Crippen LogP contribution in [0.4, 0.5) is 0 Å². The van der Waals surface area contributed by atoms with Gasteiger partial charge in [0.15, 0.2) is 4.77 Å². The molecule has 0 radical (unpaired) electrons. The molecule has 1 amide bonds. The van der Waals surface area contributed by atoms with Gasteiger partial charge in [-0.05, 0) is 50.6 Å². The van der Waals surface area contributed by atoms with Crippen LogP contribution in [0.5, 0.6) is 5.75 Å². The zero-order chi connectivity index (χ0) is 20.3. The number of rotatable bonds is 6. The van der Waals surface area contributed by atoms with Crippen molar-refractivity contribution in [2.24, 2.45) is 0 Å². The van der Waals surface area contributed by atoms with E-state index in [1.807, 2.05) is 43.3 Å². The minimum absolute atomic E-state index is 0.0609. The van der Waals surface area contributed by atoms with E-state index in [4.69, 9.17) is 17.0 Å². The number of hydrogen-bond acceptors (Lipinski definition) is 5. The maximum atomic E-state index is 12.7. The number of carbonyl (C=O) groups is 1. The maximum Gasteiger partial charge on any atom is 0.259 e. The molecular formula is C20H22N4O3S. The van der Waals surface area contributed by atoms with E-state index >= 15 is 0 Å². The summed E-state index contributed by atoms with van der Waals surface area (Å²) >= 11 is 5.00. The lowest BCUT2D eigenvalue weighted by Crippen LogP contribution is -2.34. The van der Waals surface area contributed by atoms with Crippen LogP contribution in [0.15, 0.2) is 47.3 Å². The molecule has 0 aliphatic carbocycles. The monoisotopic (exact) mass is 398 g/mol. The summed E-state index contributed by atoms with van der Waals surface area (Å²) in [6.07, 6.45) is 0. The molecule has 1 heterocycles. The zero-order valence-corrected chi connectivity index (χ0v) is 16.7. The van der Waals surface area contributed by atoms with E-state index in [0.29, 0.717) is 23.0 Å². The molecule has 0 spiro atoms. The van der Waals surface area contributed by atoms with Gasteiger partial charge in [0, 0.05) is 17.7 Å². The normalized spacial score (nSPS) is 12.1. The Morgan fingerprint density at radius 2 is 1.96 bits per heavy atom. The molecule has 8 heteroatoms. The van der Waals surface area contributed by atoms with Crippen LogP contribution >= 0.6 is 12.2 Å². The molecule has 0 aliphatic rings. The number of hydrogen-bond donors (Lipinski definition) is 3. The SMILES string of the molecule is COc1ccccc1[C@H](CNC(=O)c1ccc2c(=O)[nH]c(=S)[nH]c2c1)N(C)C. The second-order valence-corrected chi connectivity index (χ2v) is 7.01. The van der Waals surface area contributed by atoms with Crippen molar-refractivity contribution in [1.29, 1.82) is 0 Å². The average Bonchev–Trinajstić information content (AvgIpc) is 2.67. The van der Waals surface area contributed by atoms with Crippen LogP contribution in [-0.2, 0) is 0 Å². The molecule has 2 aromatic carbocycles. The number of nitrogens with zero attached hydrogens (tertiary/aromatic N) is 1. The third-order valence-corrected chi connectivity index (χ3v) is 4.78. The van der Waals surface area contributed by atoms with Crippen molar-refractivity contribution in [3.8, 4) is 5.75 Å². The molecule has 3 rings (SSSR count). The zero-order valence-electron chi connectivity index (χ0n) is 15.9. The molecule has 1 aromatic heterocycles. The van der Waals surface area contributed by atoms with Gasteiger partial charge in [-0.3, -0.25) is 14.6 Å². The first kappa shape index (κ1) is 19.8. The standard InChI is InChI=1S/C20H22N4O3S/c1-24(2)16(14-6-4-5-7-17(14)27-3)11-21-18(25)12-8-9-13-15(10-12)22-20(28)23-19(13)26/h4-10,16H,11H2,1-3H3,(H,21,25)(H2,22,23,26,28)/t16-/m0/s1. The van der Waals surface area contributed by atoms with E-state index < -0.39 is 0 Å². The van der Waals surface area contributed by atoms with Gasteiger partial charge in [-0.1, -0.05) is 18.2 Å². The van der Waals surface area contributed by atoms with Crippen molar-refractivity contribution >= 4 is 29.0 Å². The molecule has 0 saturated carbocycles. The van der Waals surface area contributed by atoms with E-state index in [1.165, 1.54) is 0 Å². The number of methoxy groups -OCH3 is 1. The predicted molar refractivity (Wildman–Crippen MR) is 112 cm³/mol. The smallest absolute Gasteiger partial charge is 0.259 e. The third kappa shape index (κ3) is 4.13. The van der Waals surface area contributed by atoms with E-state index in [0.717, 1.165) is 11.3 Å². The molecule has 146 valence electrons. The second-order valence-electron chi connectivity index (χ2n) is 6.60. The van der Waals surface area contributed by atoms with Crippen LogP contribution < -0.4 is 15.6 Å². The van der Waals surface area contributed by atoms with Crippen LogP contribution in [0.2, 0.25) is 0 Å². The van der Waals surface area contributed by atoms with Gasteiger partial charge < -0.3 is 19.9 Å². The number of amides is 1. The summed E-state index contributed by atoms with van der Waals surface area (Å²) in [4.78, 5) is 32.1. The lowest BCUT2D eigenvalue weighted by molar-refractivity contribution is 0.0941. The Labute approximate surface area is 167 Å². The van der Waals surface area contributed by atoms with Crippen molar-refractivity contribution in [2.75, 3.05) is 27.7 Å². The van der Waals surface area contributed by atoms with E-state index in [1.54, 1.807) is 25.3 Å². The molecule has 3 aromatic rings. The first-order valence-electron chi connectivity index (χ1n) is 8.74. The Balaban J connectivity index is 1.83. The number of H-pyrrole nitrogens is 2. The highest BCUT2D eigenvalue weighted by Crippen LogP contribution is 2.27. The molecule has 28 heavy (non-hydrogen) atoms. The summed E-state index contributed by atoms with van der Waals surface area (Å²) < 4.78 is 5.67. The fraction of sp³-hybridized carbons (Fsp3) is 0.250. The molecular weight excluding hydrogens is 376 g/mol. The minimum atomic E-state index is -0.283. The van der Waals surface area contributed by atoms with Crippen molar-refractivity contribution in [3.05, 3.63) is 68.7 Å². The average molecular weight is 398 g/mol. The summed E-state index contributed by atoms with van der Waals surface area (Å²) in [7, 11) is 5.53. The molecule has 7 nitrogen and oxygen atoms in total. The fourth-order valence-corrected chi connectivity index (χ4v) is 3.32. The van der Waals surface area contributed by atoms with Crippen molar-refractivity contribution in [1.82, 2.24) is 20.2 Å². The number of carbonyl (C=O) groups excluding carboxylic acids is 1. The molecule has 0 unspecified atom stereocenters. The summed E-state index contributed by atoms with van der Waals surface area (Å²) in [5.41, 5.74) is 1.68. The highest BCUT2D eigenvalue weighted by atomic mass is 32.1. The van der Waals surface area contributed by atoms with Gasteiger partial charge in [0.25, 0.3) is 11.5 Å². The molecule has 0 aliphatic heterocycles. The number of aromatic nitrogens is 2. The van der Waals surface area contributed by atoms with E-state index in [-0.39, 0.29) is 22.3 Å². The molecule has 0 saturated heterocycles. The topological polar surface area (TPSA) is 90.2 Å². The number of ether oxygens (including phenoxy) is 1. The molecule has 1 atom stereocenters. The quantitative estimate of drug-likeness (QED) is 0.556. The molecule has 3 N–H and O–H groups in total. The summed E-state index contributed by atoms with van der Waals surface area (Å²) in [6, 6.07) is 12.5. The Bertz CT molecular complexity index is 1120. The Morgan fingerprint density at radius 3 is 2.68 bits per heavy atom. The van der Waals surface area contributed by atoms with Crippen LogP contribution in [0.1, 0.15) is 22.0 Å². The van der Waals surface area contributed by atoms with E-state index in [9.17, 15) is 9.59 Å². The third-order valence-electron chi connectivity index (χ3n) is 4.58. The summed E-state index contributed by atoms with van der Waals surface area (Å²) in [6.45, 7) is 0.398. The largest absolute Gasteiger partial charge is 0.496 e. The second kappa shape index (κ2) is 8.37. The number of aromatic amines is 2. The van der Waals surface area contributed by atoms with Gasteiger partial charge in [0.2, 0.25) is 0 Å². The first-order valence-corrected chi connectivity index (χ1v) is 9.15. The lowest BCUT2D eigenvalue weighted by Gasteiger charge is -2.26. The Morgan fingerprint density at radius 1 is 1.21 bits per heavy atom. The van der Waals surface area contributed by atoms with Crippen LogP contribution in [0.25, 0.3) is 10.9 Å². The van der Waals surface area contributed by atoms with Crippen molar-refractivity contribution < 1.29 is 9.53 Å². The number of likely N-dealkylation sites (N-methyl/N-ethyl adjacent to an activating group) is 1. The van der Waals surface area contributed by atoms with E-state index in [2.05, 4.69) is 15.3 Å². The lowest BCUT2D eigenvalue weighted by atomic mass is 10.0. The van der Waals surface area contributed by atoms with Gasteiger partial charge in [-0.2, -0.15) is 0 Å². The van der Waals surface area contributed by atoms with Gasteiger partial charge in [0.05, 0.1) is 24.1 Å². The number of nitrogens with one attached hydrogen (secondary N) is 3.